The second-order valence-corrected chi connectivity index (χ2v) is 10.1. The van der Waals surface area contributed by atoms with E-state index in [4.69, 9.17) is 4.74 Å². The predicted molar refractivity (Wildman–Crippen MR) is 126 cm³/mol. The largest absolute Gasteiger partial charge is 0.494 e. The van der Waals surface area contributed by atoms with Gasteiger partial charge in [0.2, 0.25) is 5.91 Å². The maximum absolute atomic E-state index is 12.9. The summed E-state index contributed by atoms with van der Waals surface area (Å²) in [6.07, 6.45) is 4.37. The van der Waals surface area contributed by atoms with Crippen LogP contribution in [0.4, 0.5) is 5.69 Å². The number of hydrogen-bond acceptors (Lipinski definition) is 8. The molecule has 1 aromatic carbocycles. The molecule has 9 nitrogen and oxygen atoms in total. The quantitative estimate of drug-likeness (QED) is 0.495. The van der Waals surface area contributed by atoms with E-state index >= 15 is 0 Å². The van der Waals surface area contributed by atoms with Crippen LogP contribution in [-0.4, -0.2) is 90.0 Å². The molecule has 0 saturated carbocycles. The Balaban J connectivity index is 1.53. The fourth-order valence-electron chi connectivity index (χ4n) is 7.03. The van der Waals surface area contributed by atoms with Crippen molar-refractivity contribution in [3.63, 3.8) is 0 Å². The van der Waals surface area contributed by atoms with Crippen molar-refractivity contribution in [2.45, 2.75) is 68.4 Å². The second kappa shape index (κ2) is 9.44. The first-order valence-electron chi connectivity index (χ1n) is 12.4. The Morgan fingerprint density at radius 1 is 1.29 bits per heavy atom. The van der Waals surface area contributed by atoms with Crippen molar-refractivity contribution >= 4 is 11.6 Å². The number of fused-ring (bicyclic) bond motifs is 5. The van der Waals surface area contributed by atoms with Crippen LogP contribution < -0.4 is 15.4 Å². The summed E-state index contributed by atoms with van der Waals surface area (Å²) in [5.74, 6) is 0.580. The molecule has 4 heterocycles. The van der Waals surface area contributed by atoms with Crippen LogP contribution >= 0.6 is 0 Å². The molecule has 3 saturated heterocycles. The normalized spacial score (nSPS) is 35.2. The number of benzene rings is 1. The van der Waals surface area contributed by atoms with Gasteiger partial charge in [0.05, 0.1) is 37.6 Å². The van der Waals surface area contributed by atoms with Gasteiger partial charge in [-0.05, 0) is 50.9 Å². The number of methoxy groups -OCH3 is 1. The highest BCUT2D eigenvalue weighted by atomic mass is 16.5. The average Bonchev–Trinajstić information content (AvgIpc) is 3.11. The van der Waals surface area contributed by atoms with E-state index in [1.807, 2.05) is 12.1 Å². The van der Waals surface area contributed by atoms with E-state index in [0.29, 0.717) is 17.9 Å². The van der Waals surface area contributed by atoms with Crippen LogP contribution in [0.15, 0.2) is 12.1 Å². The average molecular weight is 470 g/mol. The summed E-state index contributed by atoms with van der Waals surface area (Å²) in [6, 6.07) is 5.48. The molecule has 1 unspecified atom stereocenters. The third kappa shape index (κ3) is 3.60. The van der Waals surface area contributed by atoms with Crippen molar-refractivity contribution in [2.24, 2.45) is 5.92 Å². The minimum Gasteiger partial charge on any atom is -0.494 e. The lowest BCUT2D eigenvalue weighted by Crippen LogP contribution is -2.66. The molecule has 5 rings (SSSR count). The molecular weight excluding hydrogens is 434 g/mol. The van der Waals surface area contributed by atoms with Gasteiger partial charge in [0.1, 0.15) is 11.8 Å². The first-order chi connectivity index (χ1) is 16.5. The fourth-order valence-corrected chi connectivity index (χ4v) is 7.03. The molecule has 4 aliphatic heterocycles. The van der Waals surface area contributed by atoms with Gasteiger partial charge in [0, 0.05) is 36.2 Å². The van der Waals surface area contributed by atoms with Crippen molar-refractivity contribution in [3.8, 4) is 11.8 Å². The Morgan fingerprint density at radius 2 is 2.12 bits per heavy atom. The molecule has 184 valence electrons. The molecule has 4 aliphatic rings. The van der Waals surface area contributed by atoms with Crippen LogP contribution in [-0.2, 0) is 11.2 Å². The number of piperidine rings is 1. The van der Waals surface area contributed by atoms with E-state index in [2.05, 4.69) is 33.6 Å². The predicted octanol–water partition coefficient (Wildman–Crippen LogP) is 0.623. The molecule has 1 aromatic rings. The van der Waals surface area contributed by atoms with Crippen molar-refractivity contribution < 1.29 is 19.7 Å². The molecule has 2 bridgehead atoms. The lowest BCUT2D eigenvalue weighted by atomic mass is 9.80. The summed E-state index contributed by atoms with van der Waals surface area (Å²) in [6.45, 7) is 0.768. The summed E-state index contributed by atoms with van der Waals surface area (Å²) in [5.41, 5.74) is 2.49. The first kappa shape index (κ1) is 23.5. The number of hydrogen-bond donors (Lipinski definition) is 4. The Labute approximate surface area is 200 Å². The molecule has 0 spiro atoms. The van der Waals surface area contributed by atoms with E-state index in [1.165, 1.54) is 0 Å². The van der Waals surface area contributed by atoms with Gasteiger partial charge in [-0.1, -0.05) is 12.5 Å². The number of nitriles is 1. The number of nitrogens with zero attached hydrogens (tertiary/aromatic N) is 3. The molecule has 0 aromatic heterocycles. The van der Waals surface area contributed by atoms with Crippen LogP contribution in [0.25, 0.3) is 0 Å². The molecular formula is C25H35N5O4. The Bertz CT molecular complexity index is 975. The zero-order chi connectivity index (χ0) is 24.0. The van der Waals surface area contributed by atoms with Gasteiger partial charge < -0.3 is 25.6 Å². The smallest absolute Gasteiger partial charge is 0.241 e. The number of ether oxygens (including phenoxy) is 1. The van der Waals surface area contributed by atoms with Gasteiger partial charge in [-0.2, -0.15) is 5.26 Å². The monoisotopic (exact) mass is 469 g/mol. The zero-order valence-corrected chi connectivity index (χ0v) is 19.9. The molecule has 4 N–H and O–H groups in total. The van der Waals surface area contributed by atoms with Crippen molar-refractivity contribution in [2.75, 3.05) is 39.2 Å². The van der Waals surface area contributed by atoms with Crippen LogP contribution in [0.1, 0.15) is 42.9 Å². The second-order valence-electron chi connectivity index (χ2n) is 10.1. The molecule has 7 atom stereocenters. The maximum atomic E-state index is 12.9. The minimum atomic E-state index is -0.422. The number of amides is 1. The third-order valence-electron chi connectivity index (χ3n) is 8.52. The summed E-state index contributed by atoms with van der Waals surface area (Å²) < 4.78 is 5.84. The molecule has 3 fully saturated rings. The Morgan fingerprint density at radius 3 is 2.76 bits per heavy atom. The van der Waals surface area contributed by atoms with Crippen molar-refractivity contribution in [1.82, 2.24) is 15.1 Å². The number of rotatable bonds is 5. The highest BCUT2D eigenvalue weighted by Gasteiger charge is 2.58. The summed E-state index contributed by atoms with van der Waals surface area (Å²) in [5, 5.41) is 37.2. The maximum Gasteiger partial charge on any atom is 0.241 e. The third-order valence-corrected chi connectivity index (χ3v) is 8.52. The van der Waals surface area contributed by atoms with E-state index < -0.39 is 12.1 Å². The van der Waals surface area contributed by atoms with Crippen molar-refractivity contribution in [3.05, 3.63) is 23.3 Å². The molecule has 0 aliphatic carbocycles. The van der Waals surface area contributed by atoms with Gasteiger partial charge in [-0.15, -0.1) is 0 Å². The van der Waals surface area contributed by atoms with Crippen LogP contribution in [0.5, 0.6) is 5.75 Å². The molecule has 1 amide bonds. The Kier molecular flexibility index (Phi) is 6.53. The van der Waals surface area contributed by atoms with E-state index in [-0.39, 0.29) is 49.2 Å². The number of carbonyl (C=O) groups is 1. The molecule has 9 heteroatoms. The van der Waals surface area contributed by atoms with Crippen molar-refractivity contribution in [1.29, 1.82) is 5.26 Å². The standard InChI is InChI=1S/C25H35N5O4/c1-29-18-10-15(12-31)23(29)19-9-14-6-7-16(28-25(33)17-5-3-4-8-27-17)24(34-2)22(14)21(13-32)30(19)20(18)11-26/h6-7,15,17-21,23,27,31-32H,3-5,8-10,12-13H2,1-2H3,(H,28,33)/t15-,17+,18-,19?,20+,21-,23+/m1/s1. The number of piperazine rings is 1. The van der Waals surface area contributed by atoms with Crippen LogP contribution in [0.3, 0.4) is 0 Å². The molecule has 34 heavy (non-hydrogen) atoms. The fraction of sp³-hybridized carbons (Fsp3) is 0.680. The number of carbonyl (C=O) groups excluding carboxylic acids is 1. The van der Waals surface area contributed by atoms with Gasteiger partial charge in [-0.25, -0.2) is 0 Å². The van der Waals surface area contributed by atoms with Gasteiger partial charge >= 0.3 is 0 Å². The number of likely N-dealkylation sites (N-methyl/N-ethyl adjacent to an activating group) is 1. The minimum absolute atomic E-state index is 0.00487. The number of nitrogens with one attached hydrogen (secondary N) is 2. The molecule has 0 radical (unpaired) electrons. The SMILES string of the molecule is COc1c(NC(=O)[C@@H]2CCCCN2)ccc2c1[C@@H](CO)N1C(C2)[C@@H]2[C@@H](CO)C[C@H]([C@@H]1C#N)N2C. The van der Waals surface area contributed by atoms with E-state index in [0.717, 1.165) is 43.4 Å². The van der Waals surface area contributed by atoms with E-state index in [9.17, 15) is 20.3 Å². The van der Waals surface area contributed by atoms with Crippen LogP contribution in [0, 0.1) is 17.2 Å². The Hall–Kier alpha value is -2.22. The first-order valence-corrected chi connectivity index (χ1v) is 12.4. The van der Waals surface area contributed by atoms with Gasteiger partial charge in [-0.3, -0.25) is 14.6 Å². The lowest BCUT2D eigenvalue weighted by Gasteiger charge is -2.54. The summed E-state index contributed by atoms with van der Waals surface area (Å²) in [7, 11) is 3.64. The van der Waals surface area contributed by atoms with E-state index in [1.54, 1.807) is 7.11 Å². The topological polar surface area (TPSA) is 121 Å². The highest BCUT2D eigenvalue weighted by Crippen LogP contribution is 2.50. The number of aliphatic hydroxyl groups excluding tert-OH is 2. The van der Waals surface area contributed by atoms with Crippen LogP contribution in [0.2, 0.25) is 0 Å². The number of anilines is 1. The van der Waals surface area contributed by atoms with Gasteiger partial charge in [0.25, 0.3) is 0 Å². The highest BCUT2D eigenvalue weighted by molar-refractivity contribution is 5.96. The summed E-state index contributed by atoms with van der Waals surface area (Å²) in [4.78, 5) is 17.3. The van der Waals surface area contributed by atoms with Gasteiger partial charge in [0.15, 0.2) is 0 Å². The summed E-state index contributed by atoms with van der Waals surface area (Å²) >= 11 is 0. The zero-order valence-electron chi connectivity index (χ0n) is 19.9. The number of aliphatic hydroxyl groups is 2. The lowest BCUT2D eigenvalue weighted by molar-refractivity contribution is -0.118.